The topological polar surface area (TPSA) is 62.7 Å². The van der Waals surface area contributed by atoms with Gasteiger partial charge in [-0.25, -0.2) is 4.79 Å². The van der Waals surface area contributed by atoms with E-state index in [1.165, 1.54) is 4.90 Å². The second-order valence-corrected chi connectivity index (χ2v) is 4.46. The van der Waals surface area contributed by atoms with E-state index in [0.29, 0.717) is 19.7 Å². The van der Waals surface area contributed by atoms with Crippen molar-refractivity contribution in [1.29, 1.82) is 0 Å². The van der Waals surface area contributed by atoms with Gasteiger partial charge in [0.15, 0.2) is 0 Å². The molecule has 19 heavy (non-hydrogen) atoms. The average molecular weight is 263 g/mol. The van der Waals surface area contributed by atoms with Crippen LogP contribution in [0.1, 0.15) is 5.56 Å². The highest BCUT2D eigenvalue weighted by molar-refractivity contribution is 5.82. The number of pyridine rings is 1. The molecule has 6 nitrogen and oxygen atoms in total. The smallest absolute Gasteiger partial charge is 0.410 e. The van der Waals surface area contributed by atoms with Crippen LogP contribution < -0.4 is 0 Å². The van der Waals surface area contributed by atoms with Crippen LogP contribution in [0.4, 0.5) is 4.79 Å². The molecule has 2 rings (SSSR count). The van der Waals surface area contributed by atoms with Gasteiger partial charge >= 0.3 is 6.09 Å². The van der Waals surface area contributed by atoms with E-state index in [1.807, 2.05) is 12.1 Å². The lowest BCUT2D eigenvalue weighted by atomic mass is 10.2. The summed E-state index contributed by atoms with van der Waals surface area (Å²) in [5.74, 6) is -0.0760. The van der Waals surface area contributed by atoms with Crippen molar-refractivity contribution in [2.24, 2.45) is 0 Å². The first-order chi connectivity index (χ1) is 9.16. The second kappa shape index (κ2) is 6.17. The predicted octanol–water partition coefficient (Wildman–Crippen LogP) is 0.535. The summed E-state index contributed by atoms with van der Waals surface area (Å²) in [7, 11) is 1.74. The molecule has 0 bridgehead atoms. The average Bonchev–Trinajstić information content (AvgIpc) is 2.82. The number of aromatic nitrogens is 1. The van der Waals surface area contributed by atoms with E-state index in [-0.39, 0.29) is 12.5 Å². The Bertz CT molecular complexity index is 450. The number of carbonyl (C=O) groups excluding carboxylic acids is 2. The number of ether oxygens (including phenoxy) is 1. The number of rotatable bonds is 5. The van der Waals surface area contributed by atoms with E-state index in [0.717, 1.165) is 12.0 Å². The van der Waals surface area contributed by atoms with Crippen molar-refractivity contribution in [3.63, 3.8) is 0 Å². The lowest BCUT2D eigenvalue weighted by Gasteiger charge is -2.20. The summed E-state index contributed by atoms with van der Waals surface area (Å²) >= 11 is 0. The summed E-state index contributed by atoms with van der Waals surface area (Å²) in [5.41, 5.74) is 1.13. The Labute approximate surface area is 112 Å². The molecule has 0 unspecified atom stereocenters. The van der Waals surface area contributed by atoms with Crippen molar-refractivity contribution in [2.45, 2.75) is 6.42 Å². The van der Waals surface area contributed by atoms with E-state index in [4.69, 9.17) is 4.74 Å². The molecule has 0 saturated carbocycles. The van der Waals surface area contributed by atoms with Crippen LogP contribution in [0.2, 0.25) is 0 Å². The Kier molecular flexibility index (Phi) is 4.33. The fourth-order valence-electron chi connectivity index (χ4n) is 1.82. The van der Waals surface area contributed by atoms with Gasteiger partial charge in [-0.1, -0.05) is 0 Å². The summed E-state index contributed by atoms with van der Waals surface area (Å²) in [6, 6.07) is 3.85. The first-order valence-electron chi connectivity index (χ1n) is 6.21. The number of nitrogens with zero attached hydrogens (tertiary/aromatic N) is 3. The van der Waals surface area contributed by atoms with Gasteiger partial charge in [-0.05, 0) is 24.1 Å². The number of carbonyl (C=O) groups is 2. The molecule has 0 aromatic carbocycles. The zero-order chi connectivity index (χ0) is 13.7. The van der Waals surface area contributed by atoms with E-state index >= 15 is 0 Å². The van der Waals surface area contributed by atoms with Gasteiger partial charge in [0, 0.05) is 26.0 Å². The molecule has 2 heterocycles. The fourth-order valence-corrected chi connectivity index (χ4v) is 1.82. The number of amides is 2. The third-order valence-electron chi connectivity index (χ3n) is 3.08. The number of hydrogen-bond donors (Lipinski definition) is 0. The number of hydrogen-bond acceptors (Lipinski definition) is 4. The molecule has 1 aliphatic heterocycles. The third kappa shape index (κ3) is 3.67. The van der Waals surface area contributed by atoms with Gasteiger partial charge in [-0.2, -0.15) is 0 Å². The first-order valence-corrected chi connectivity index (χ1v) is 6.21. The van der Waals surface area contributed by atoms with E-state index in [2.05, 4.69) is 4.98 Å². The van der Waals surface area contributed by atoms with Crippen molar-refractivity contribution in [3.05, 3.63) is 30.1 Å². The number of likely N-dealkylation sites (N-methyl/N-ethyl adjacent to an activating group) is 1. The molecular weight excluding hydrogens is 246 g/mol. The van der Waals surface area contributed by atoms with Crippen LogP contribution in [0.25, 0.3) is 0 Å². The highest BCUT2D eigenvalue weighted by Gasteiger charge is 2.25. The standard InChI is InChI=1S/C13H17N3O3/c1-15(7-4-11-2-5-14-6-3-11)12(17)10-16-8-9-19-13(16)18/h2-3,5-6H,4,7-10H2,1H3. The summed E-state index contributed by atoms with van der Waals surface area (Å²) in [5, 5.41) is 0. The highest BCUT2D eigenvalue weighted by atomic mass is 16.6. The van der Waals surface area contributed by atoms with Gasteiger partial charge in [0.05, 0.1) is 6.54 Å². The summed E-state index contributed by atoms with van der Waals surface area (Å²) < 4.78 is 4.78. The molecule has 1 saturated heterocycles. The molecule has 0 atom stereocenters. The zero-order valence-corrected chi connectivity index (χ0v) is 10.9. The van der Waals surface area contributed by atoms with Crippen LogP contribution in [-0.4, -0.2) is 60.1 Å². The van der Waals surface area contributed by atoms with Gasteiger partial charge in [-0.15, -0.1) is 0 Å². The summed E-state index contributed by atoms with van der Waals surface area (Å²) in [6.07, 6.45) is 3.83. The van der Waals surface area contributed by atoms with Crippen molar-refractivity contribution in [3.8, 4) is 0 Å². The molecular formula is C13H17N3O3. The fraction of sp³-hybridized carbons (Fsp3) is 0.462. The van der Waals surface area contributed by atoms with Crippen LogP contribution in [0.15, 0.2) is 24.5 Å². The molecule has 1 aromatic heterocycles. The first kappa shape index (κ1) is 13.3. The monoisotopic (exact) mass is 263 g/mol. The van der Waals surface area contributed by atoms with Crippen LogP contribution in [0.3, 0.4) is 0 Å². The van der Waals surface area contributed by atoms with Crippen LogP contribution in [0.5, 0.6) is 0 Å². The Morgan fingerprint density at radius 1 is 1.47 bits per heavy atom. The van der Waals surface area contributed by atoms with Gasteiger partial charge in [0.25, 0.3) is 0 Å². The SMILES string of the molecule is CN(CCc1ccncc1)C(=O)CN1CCOC1=O. The van der Waals surface area contributed by atoms with Gasteiger partial charge < -0.3 is 9.64 Å². The molecule has 0 N–H and O–H groups in total. The van der Waals surface area contributed by atoms with Crippen molar-refractivity contribution < 1.29 is 14.3 Å². The Balaban J connectivity index is 1.78. The van der Waals surface area contributed by atoms with Gasteiger partial charge in [0.1, 0.15) is 13.2 Å². The third-order valence-corrected chi connectivity index (χ3v) is 3.08. The molecule has 102 valence electrons. The molecule has 0 spiro atoms. The van der Waals surface area contributed by atoms with Crippen LogP contribution >= 0.6 is 0 Å². The molecule has 1 aromatic rings. The largest absolute Gasteiger partial charge is 0.448 e. The summed E-state index contributed by atoms with van der Waals surface area (Å²) in [4.78, 5) is 30.2. The van der Waals surface area contributed by atoms with Crippen molar-refractivity contribution >= 4 is 12.0 Å². The minimum Gasteiger partial charge on any atom is -0.448 e. The minimum atomic E-state index is -0.407. The second-order valence-electron chi connectivity index (χ2n) is 4.46. The lowest BCUT2D eigenvalue weighted by molar-refractivity contribution is -0.130. The highest BCUT2D eigenvalue weighted by Crippen LogP contribution is 2.04. The molecule has 0 radical (unpaired) electrons. The van der Waals surface area contributed by atoms with Crippen LogP contribution in [-0.2, 0) is 16.0 Å². The maximum absolute atomic E-state index is 11.9. The molecule has 2 amide bonds. The molecule has 6 heteroatoms. The molecule has 0 aliphatic carbocycles. The minimum absolute atomic E-state index is 0.0760. The Hall–Kier alpha value is -2.11. The zero-order valence-electron chi connectivity index (χ0n) is 10.9. The molecule has 1 fully saturated rings. The molecule has 1 aliphatic rings. The van der Waals surface area contributed by atoms with Gasteiger partial charge in [-0.3, -0.25) is 14.7 Å². The van der Waals surface area contributed by atoms with Crippen LogP contribution in [0, 0.1) is 0 Å². The maximum atomic E-state index is 11.9. The van der Waals surface area contributed by atoms with E-state index < -0.39 is 6.09 Å². The number of cyclic esters (lactones) is 1. The van der Waals surface area contributed by atoms with Crippen molar-refractivity contribution in [2.75, 3.05) is 33.3 Å². The van der Waals surface area contributed by atoms with Crippen molar-refractivity contribution in [1.82, 2.24) is 14.8 Å². The Morgan fingerprint density at radius 2 is 2.21 bits per heavy atom. The lowest BCUT2D eigenvalue weighted by Crippen LogP contribution is -2.39. The van der Waals surface area contributed by atoms with E-state index in [9.17, 15) is 9.59 Å². The normalized spacial score (nSPS) is 14.4. The predicted molar refractivity (Wildman–Crippen MR) is 68.5 cm³/mol. The maximum Gasteiger partial charge on any atom is 0.410 e. The van der Waals surface area contributed by atoms with Gasteiger partial charge in [0.2, 0.25) is 5.91 Å². The van der Waals surface area contributed by atoms with E-state index in [1.54, 1.807) is 24.3 Å². The Morgan fingerprint density at radius 3 is 2.84 bits per heavy atom. The summed E-state index contributed by atoms with van der Waals surface area (Å²) in [6.45, 7) is 1.56. The quantitative estimate of drug-likeness (QED) is 0.777.